The normalized spacial score (nSPS) is 35.4. The summed E-state index contributed by atoms with van der Waals surface area (Å²) in [6.45, 7) is 17.1. The van der Waals surface area contributed by atoms with E-state index in [0.717, 1.165) is 35.5 Å². The molecule has 1 saturated carbocycles. The molecule has 0 heterocycles. The molecule has 1 fully saturated rings. The molecule has 22 heavy (non-hydrogen) atoms. The van der Waals surface area contributed by atoms with Crippen molar-refractivity contribution in [3.8, 4) is 0 Å². The van der Waals surface area contributed by atoms with E-state index in [1.165, 1.54) is 38.5 Å². The quantitative estimate of drug-likeness (QED) is 0.419. The van der Waals surface area contributed by atoms with Gasteiger partial charge in [-0.15, -0.1) is 0 Å². The van der Waals surface area contributed by atoms with Gasteiger partial charge in [0.25, 0.3) is 0 Å². The smallest absolute Gasteiger partial charge is 0.0111 e. The van der Waals surface area contributed by atoms with Crippen LogP contribution in [-0.2, 0) is 0 Å². The monoisotopic (exact) mass is 304 g/mol. The summed E-state index contributed by atoms with van der Waals surface area (Å²) >= 11 is 0. The van der Waals surface area contributed by atoms with Gasteiger partial charge in [-0.2, -0.15) is 0 Å². The van der Waals surface area contributed by atoms with Crippen LogP contribution in [0.4, 0.5) is 0 Å². The van der Waals surface area contributed by atoms with Crippen molar-refractivity contribution in [1.29, 1.82) is 0 Å². The lowest BCUT2D eigenvalue weighted by atomic mass is 9.51. The molecule has 0 bridgehead atoms. The Balaban J connectivity index is 2.08. The predicted molar refractivity (Wildman–Crippen MR) is 98.9 cm³/mol. The molecule has 128 valence electrons. The van der Waals surface area contributed by atoms with Crippen LogP contribution < -0.4 is 0 Å². The minimum absolute atomic E-state index is 0.532. The van der Waals surface area contributed by atoms with Gasteiger partial charge in [0.1, 0.15) is 0 Å². The third-order valence-electron chi connectivity index (χ3n) is 7.11. The molecular weight excluding hydrogens is 264 g/mol. The molecule has 0 N–H and O–H groups in total. The molecule has 0 amide bonds. The van der Waals surface area contributed by atoms with Crippen molar-refractivity contribution in [2.45, 2.75) is 87.0 Å². The molecule has 0 nitrogen and oxygen atoms in total. The lowest BCUT2D eigenvalue weighted by Gasteiger charge is -2.53. The Morgan fingerprint density at radius 3 is 2.27 bits per heavy atom. The van der Waals surface area contributed by atoms with Crippen molar-refractivity contribution >= 4 is 0 Å². The van der Waals surface area contributed by atoms with Gasteiger partial charge in [-0.05, 0) is 66.6 Å². The van der Waals surface area contributed by atoms with E-state index in [0.29, 0.717) is 5.41 Å². The highest BCUT2D eigenvalue weighted by Crippen LogP contribution is 2.57. The number of hydrogen-bond donors (Lipinski definition) is 0. The summed E-state index contributed by atoms with van der Waals surface area (Å²) in [6, 6.07) is 0. The molecule has 0 saturated heterocycles. The maximum atomic E-state index is 2.61. The molecule has 2 aliphatic rings. The zero-order valence-electron chi connectivity index (χ0n) is 16.3. The SMILES string of the molecule is CCC(C)CC(C)(CC(C)C)C1CC=C1C1CC(CC)C1C. The van der Waals surface area contributed by atoms with Gasteiger partial charge in [-0.3, -0.25) is 0 Å². The fourth-order valence-corrected chi connectivity index (χ4v) is 5.58. The Bertz CT molecular complexity index is 391. The molecule has 0 aromatic carbocycles. The van der Waals surface area contributed by atoms with Crippen LogP contribution in [0.3, 0.4) is 0 Å². The molecule has 0 aromatic heterocycles. The molecule has 0 radical (unpaired) electrons. The molecule has 0 aliphatic heterocycles. The minimum Gasteiger partial charge on any atom is -0.0841 e. The van der Waals surface area contributed by atoms with Gasteiger partial charge < -0.3 is 0 Å². The average molecular weight is 305 g/mol. The van der Waals surface area contributed by atoms with E-state index in [4.69, 9.17) is 0 Å². The largest absolute Gasteiger partial charge is 0.0841 e. The van der Waals surface area contributed by atoms with Crippen LogP contribution in [0.25, 0.3) is 0 Å². The molecule has 6 unspecified atom stereocenters. The first kappa shape index (κ1) is 18.1. The fraction of sp³-hybridized carbons (Fsp3) is 0.909. The second kappa shape index (κ2) is 7.10. The molecule has 0 heteroatoms. The third-order valence-corrected chi connectivity index (χ3v) is 7.11. The number of allylic oxidation sites excluding steroid dienone is 2. The van der Waals surface area contributed by atoms with Gasteiger partial charge >= 0.3 is 0 Å². The third kappa shape index (κ3) is 3.46. The average Bonchev–Trinajstić information content (AvgIpc) is 2.39. The van der Waals surface area contributed by atoms with Crippen LogP contribution in [0, 0.1) is 40.9 Å². The van der Waals surface area contributed by atoms with E-state index in [-0.39, 0.29) is 0 Å². The summed E-state index contributed by atoms with van der Waals surface area (Å²) in [4.78, 5) is 0. The van der Waals surface area contributed by atoms with Gasteiger partial charge in [-0.25, -0.2) is 0 Å². The number of rotatable bonds is 8. The lowest BCUT2D eigenvalue weighted by Crippen LogP contribution is -2.44. The second-order valence-electron chi connectivity index (χ2n) is 9.33. The van der Waals surface area contributed by atoms with Crippen molar-refractivity contribution < 1.29 is 0 Å². The summed E-state index contributed by atoms with van der Waals surface area (Å²) < 4.78 is 0. The summed E-state index contributed by atoms with van der Waals surface area (Å²) in [6.07, 6.45) is 11.0. The fourth-order valence-electron chi connectivity index (χ4n) is 5.58. The van der Waals surface area contributed by atoms with Crippen molar-refractivity contribution in [2.75, 3.05) is 0 Å². The first-order chi connectivity index (χ1) is 10.3. The van der Waals surface area contributed by atoms with E-state index in [2.05, 4.69) is 54.5 Å². The Labute approximate surface area is 140 Å². The zero-order chi connectivity index (χ0) is 16.5. The predicted octanol–water partition coefficient (Wildman–Crippen LogP) is 7.10. The maximum Gasteiger partial charge on any atom is -0.0111 e. The van der Waals surface area contributed by atoms with Gasteiger partial charge in [0, 0.05) is 0 Å². The van der Waals surface area contributed by atoms with Crippen molar-refractivity contribution in [3.63, 3.8) is 0 Å². The minimum atomic E-state index is 0.532. The van der Waals surface area contributed by atoms with E-state index in [9.17, 15) is 0 Å². The van der Waals surface area contributed by atoms with Crippen molar-refractivity contribution in [3.05, 3.63) is 11.6 Å². The van der Waals surface area contributed by atoms with Gasteiger partial charge in [0.05, 0.1) is 0 Å². The van der Waals surface area contributed by atoms with Gasteiger partial charge in [0.15, 0.2) is 0 Å². The van der Waals surface area contributed by atoms with Crippen LogP contribution in [0.2, 0.25) is 0 Å². The standard InChI is InChI=1S/C22H40/c1-8-16(5)14-22(7,13-15(3)4)21-11-10-19(21)20-12-18(9-2)17(20)6/h10,15-18,20-21H,8-9,11-14H2,1-7H3. The summed E-state index contributed by atoms with van der Waals surface area (Å²) in [5.41, 5.74) is 2.40. The van der Waals surface area contributed by atoms with Gasteiger partial charge in [0.2, 0.25) is 0 Å². The Hall–Kier alpha value is -0.260. The number of hydrogen-bond acceptors (Lipinski definition) is 0. The second-order valence-corrected chi connectivity index (χ2v) is 9.33. The topological polar surface area (TPSA) is 0 Å². The highest BCUT2D eigenvalue weighted by molar-refractivity contribution is 5.27. The van der Waals surface area contributed by atoms with Crippen LogP contribution >= 0.6 is 0 Å². The van der Waals surface area contributed by atoms with Crippen LogP contribution in [0.5, 0.6) is 0 Å². The summed E-state index contributed by atoms with van der Waals surface area (Å²) in [7, 11) is 0. The molecule has 2 rings (SSSR count). The lowest BCUT2D eigenvalue weighted by molar-refractivity contribution is 0.0567. The Kier molecular flexibility index (Phi) is 5.84. The van der Waals surface area contributed by atoms with Crippen LogP contribution in [-0.4, -0.2) is 0 Å². The van der Waals surface area contributed by atoms with Crippen LogP contribution in [0.15, 0.2) is 11.6 Å². The van der Waals surface area contributed by atoms with Crippen LogP contribution in [0.1, 0.15) is 87.0 Å². The molecule has 0 spiro atoms. The Morgan fingerprint density at radius 1 is 1.18 bits per heavy atom. The zero-order valence-corrected chi connectivity index (χ0v) is 16.3. The maximum absolute atomic E-state index is 2.61. The molecule has 0 aromatic rings. The first-order valence-electron chi connectivity index (χ1n) is 10.0. The highest BCUT2D eigenvalue weighted by Gasteiger charge is 2.47. The van der Waals surface area contributed by atoms with Crippen molar-refractivity contribution in [2.24, 2.45) is 40.9 Å². The van der Waals surface area contributed by atoms with E-state index in [1.54, 1.807) is 0 Å². The van der Waals surface area contributed by atoms with E-state index >= 15 is 0 Å². The molecular formula is C22H40. The first-order valence-corrected chi connectivity index (χ1v) is 10.0. The van der Waals surface area contributed by atoms with Gasteiger partial charge in [-0.1, -0.05) is 73.0 Å². The van der Waals surface area contributed by atoms with E-state index in [1.807, 2.05) is 5.57 Å². The molecule has 6 atom stereocenters. The summed E-state index contributed by atoms with van der Waals surface area (Å²) in [5.74, 6) is 5.43. The van der Waals surface area contributed by atoms with E-state index < -0.39 is 0 Å². The molecule has 2 aliphatic carbocycles. The van der Waals surface area contributed by atoms with Crippen molar-refractivity contribution in [1.82, 2.24) is 0 Å². The highest BCUT2D eigenvalue weighted by atomic mass is 14.5. The Morgan fingerprint density at radius 2 is 1.86 bits per heavy atom. The summed E-state index contributed by atoms with van der Waals surface area (Å²) in [5, 5.41) is 0.